The number of hydrogen-bond donors (Lipinski definition) is 0. The number of rotatable bonds is 7. The highest BCUT2D eigenvalue weighted by Gasteiger charge is 2.24. The number of carbonyl (C=O) groups excluding carboxylic acids is 1. The van der Waals surface area contributed by atoms with Crippen LogP contribution in [0.25, 0.3) is 5.57 Å². The molecule has 11 heteroatoms. The van der Waals surface area contributed by atoms with Crippen molar-refractivity contribution in [3.05, 3.63) is 57.2 Å². The molecule has 0 atom stereocenters. The number of carbonyl (C=O) groups is 1. The standard InChI is InChI=1S/C19H19N3O6S2/c1-26-16-8-7-14(10-17(16)27-2)30-21(19(23)28-3)18-20-15(11-29-18)12-5-4-6-13(9-12)22(24)25/h5,7-11H,4,6H2,1-3H3. The maximum Gasteiger partial charge on any atom is 0.426 e. The Morgan fingerprint density at radius 3 is 2.70 bits per heavy atom. The lowest BCUT2D eigenvalue weighted by molar-refractivity contribution is -0.427. The molecule has 1 aliphatic rings. The van der Waals surface area contributed by atoms with Gasteiger partial charge in [0, 0.05) is 40.3 Å². The number of nitrogens with zero attached hydrogens (tertiary/aromatic N) is 3. The van der Waals surface area contributed by atoms with Crippen LogP contribution in [0, 0.1) is 10.1 Å². The van der Waals surface area contributed by atoms with Gasteiger partial charge >= 0.3 is 6.09 Å². The minimum Gasteiger partial charge on any atom is -0.493 e. The Kier molecular flexibility index (Phi) is 6.95. The maximum atomic E-state index is 12.4. The summed E-state index contributed by atoms with van der Waals surface area (Å²) in [6.45, 7) is 0. The molecule has 1 aliphatic carbocycles. The lowest BCUT2D eigenvalue weighted by Gasteiger charge is -2.17. The van der Waals surface area contributed by atoms with Crippen molar-refractivity contribution in [1.29, 1.82) is 0 Å². The number of methoxy groups -OCH3 is 3. The van der Waals surface area contributed by atoms with Crippen LogP contribution in [0.3, 0.4) is 0 Å². The Balaban J connectivity index is 1.88. The van der Waals surface area contributed by atoms with E-state index in [2.05, 4.69) is 4.98 Å². The highest BCUT2D eigenvalue weighted by Crippen LogP contribution is 2.38. The van der Waals surface area contributed by atoms with Crippen LogP contribution in [0.1, 0.15) is 18.5 Å². The third-order valence-electron chi connectivity index (χ3n) is 4.18. The summed E-state index contributed by atoms with van der Waals surface area (Å²) in [5.41, 5.74) is 1.37. The Morgan fingerprint density at radius 2 is 2.03 bits per heavy atom. The summed E-state index contributed by atoms with van der Waals surface area (Å²) in [5, 5.41) is 13.2. The number of anilines is 1. The third kappa shape index (κ3) is 4.74. The molecule has 0 unspecified atom stereocenters. The van der Waals surface area contributed by atoms with E-state index < -0.39 is 6.09 Å². The molecule has 0 saturated heterocycles. The second kappa shape index (κ2) is 9.63. The molecule has 158 valence electrons. The highest BCUT2D eigenvalue weighted by molar-refractivity contribution is 8.01. The van der Waals surface area contributed by atoms with E-state index in [-0.39, 0.29) is 10.6 Å². The smallest absolute Gasteiger partial charge is 0.426 e. The van der Waals surface area contributed by atoms with Crippen LogP contribution in [0.15, 0.2) is 46.3 Å². The average molecular weight is 450 g/mol. The lowest BCUT2D eigenvalue weighted by Crippen LogP contribution is -2.23. The molecule has 0 bridgehead atoms. The van der Waals surface area contributed by atoms with E-state index in [1.54, 1.807) is 30.7 Å². The van der Waals surface area contributed by atoms with Gasteiger partial charge < -0.3 is 14.2 Å². The quantitative estimate of drug-likeness (QED) is 0.338. The summed E-state index contributed by atoms with van der Waals surface area (Å²) in [6.07, 6.45) is 3.77. The van der Waals surface area contributed by atoms with Gasteiger partial charge in [0.25, 0.3) is 0 Å². The van der Waals surface area contributed by atoms with Crippen molar-refractivity contribution in [1.82, 2.24) is 4.98 Å². The summed E-state index contributed by atoms with van der Waals surface area (Å²) in [4.78, 5) is 28.3. The molecule has 0 N–H and O–H groups in total. The van der Waals surface area contributed by atoms with Crippen molar-refractivity contribution >= 4 is 40.1 Å². The van der Waals surface area contributed by atoms with Crippen LogP contribution in [-0.2, 0) is 4.74 Å². The summed E-state index contributed by atoms with van der Waals surface area (Å²) in [7, 11) is 4.36. The molecule has 1 aromatic carbocycles. The van der Waals surface area contributed by atoms with Gasteiger partial charge in [-0.2, -0.15) is 4.31 Å². The molecular formula is C19H19N3O6S2. The number of hydrogen-bond acceptors (Lipinski definition) is 9. The summed E-state index contributed by atoms with van der Waals surface area (Å²) in [5.74, 6) is 1.09. The molecule has 1 aromatic heterocycles. The van der Waals surface area contributed by atoms with Crippen LogP contribution in [0.5, 0.6) is 11.5 Å². The first kappa shape index (κ1) is 21.7. The fraction of sp³-hybridized carbons (Fsp3) is 0.263. The van der Waals surface area contributed by atoms with Gasteiger partial charge in [-0.3, -0.25) is 10.1 Å². The zero-order valence-electron chi connectivity index (χ0n) is 16.5. The molecule has 0 saturated carbocycles. The Hall–Kier alpha value is -3.05. The molecule has 2 aromatic rings. The third-order valence-corrected chi connectivity index (χ3v) is 6.09. The first-order chi connectivity index (χ1) is 14.5. The monoisotopic (exact) mass is 449 g/mol. The topological polar surface area (TPSA) is 104 Å². The van der Waals surface area contributed by atoms with E-state index in [1.807, 2.05) is 6.08 Å². The van der Waals surface area contributed by atoms with Gasteiger partial charge in [-0.15, -0.1) is 11.3 Å². The molecule has 0 radical (unpaired) electrons. The van der Waals surface area contributed by atoms with Gasteiger partial charge in [0.2, 0.25) is 10.8 Å². The van der Waals surface area contributed by atoms with Crippen molar-refractivity contribution in [3.63, 3.8) is 0 Å². The SMILES string of the molecule is COC(=O)N(Sc1ccc(OC)c(OC)c1)c1nc(C2=CCCC([N+](=O)[O-])=C2)cs1. The van der Waals surface area contributed by atoms with E-state index in [9.17, 15) is 14.9 Å². The van der Waals surface area contributed by atoms with Crippen molar-refractivity contribution in [3.8, 4) is 11.5 Å². The Morgan fingerprint density at radius 1 is 1.27 bits per heavy atom. The predicted octanol–water partition coefficient (Wildman–Crippen LogP) is 4.78. The van der Waals surface area contributed by atoms with Crippen LogP contribution in [-0.4, -0.2) is 37.3 Å². The molecule has 1 heterocycles. The zero-order chi connectivity index (χ0) is 21.7. The molecule has 1 amide bonds. The van der Waals surface area contributed by atoms with E-state index in [0.717, 1.165) is 11.9 Å². The van der Waals surface area contributed by atoms with Gasteiger partial charge in [-0.05, 0) is 24.6 Å². The molecule has 0 fully saturated rings. The van der Waals surface area contributed by atoms with E-state index in [0.29, 0.717) is 45.6 Å². The number of ether oxygens (including phenoxy) is 3. The number of allylic oxidation sites excluding steroid dienone is 4. The van der Waals surface area contributed by atoms with E-state index in [4.69, 9.17) is 14.2 Å². The van der Waals surface area contributed by atoms with Crippen molar-refractivity contribution in [2.45, 2.75) is 17.7 Å². The summed E-state index contributed by atoms with van der Waals surface area (Å²) >= 11 is 2.36. The van der Waals surface area contributed by atoms with E-state index >= 15 is 0 Å². The van der Waals surface area contributed by atoms with Crippen molar-refractivity contribution in [2.24, 2.45) is 0 Å². The van der Waals surface area contributed by atoms with Crippen LogP contribution in [0.2, 0.25) is 0 Å². The van der Waals surface area contributed by atoms with Gasteiger partial charge in [-0.1, -0.05) is 6.08 Å². The Labute approximate surface area is 181 Å². The first-order valence-electron chi connectivity index (χ1n) is 8.76. The van der Waals surface area contributed by atoms with Crippen molar-refractivity contribution in [2.75, 3.05) is 25.6 Å². The van der Waals surface area contributed by atoms with Gasteiger partial charge in [-0.25, -0.2) is 9.78 Å². The van der Waals surface area contributed by atoms with Crippen LogP contribution >= 0.6 is 23.3 Å². The molecule has 3 rings (SSSR count). The average Bonchev–Trinajstić information content (AvgIpc) is 3.26. The number of benzene rings is 1. The normalized spacial score (nSPS) is 13.2. The Bertz CT molecular complexity index is 1020. The molecule has 0 aliphatic heterocycles. The number of nitro groups is 1. The molecular weight excluding hydrogens is 430 g/mol. The fourth-order valence-corrected chi connectivity index (χ4v) is 4.45. The summed E-state index contributed by atoms with van der Waals surface area (Å²) in [6, 6.07) is 5.26. The van der Waals surface area contributed by atoms with Gasteiger partial charge in [0.15, 0.2) is 11.5 Å². The first-order valence-corrected chi connectivity index (χ1v) is 10.4. The van der Waals surface area contributed by atoms with Crippen LogP contribution in [0.4, 0.5) is 9.93 Å². The number of amides is 1. The molecule has 0 spiro atoms. The van der Waals surface area contributed by atoms with Crippen molar-refractivity contribution < 1.29 is 23.9 Å². The van der Waals surface area contributed by atoms with Gasteiger partial charge in [0.1, 0.15) is 0 Å². The second-order valence-corrected chi connectivity index (χ2v) is 7.83. The van der Waals surface area contributed by atoms with E-state index in [1.165, 1.54) is 35.9 Å². The molecule has 30 heavy (non-hydrogen) atoms. The molecule has 9 nitrogen and oxygen atoms in total. The fourth-order valence-electron chi connectivity index (χ4n) is 2.71. The van der Waals surface area contributed by atoms with Crippen LogP contribution < -0.4 is 13.8 Å². The maximum absolute atomic E-state index is 12.4. The zero-order valence-corrected chi connectivity index (χ0v) is 18.1. The predicted molar refractivity (Wildman–Crippen MR) is 115 cm³/mol. The number of thiazole rings is 1. The largest absolute Gasteiger partial charge is 0.493 e. The highest BCUT2D eigenvalue weighted by atomic mass is 32.2. The minimum absolute atomic E-state index is 0.145. The number of aromatic nitrogens is 1. The summed E-state index contributed by atoms with van der Waals surface area (Å²) < 4.78 is 16.8. The lowest BCUT2D eigenvalue weighted by atomic mass is 10.0. The minimum atomic E-state index is -0.602. The second-order valence-electron chi connectivity index (χ2n) is 5.98. The van der Waals surface area contributed by atoms with Gasteiger partial charge in [0.05, 0.1) is 31.9 Å².